The van der Waals surface area contributed by atoms with Crippen LogP contribution < -0.4 is 0 Å². The summed E-state index contributed by atoms with van der Waals surface area (Å²) in [6.07, 6.45) is 96.6. The number of allylic oxidation sites excluding steroid dienone is 26. The molecule has 0 spiro atoms. The van der Waals surface area contributed by atoms with E-state index < -0.39 is 6.10 Å². The highest BCUT2D eigenvalue weighted by Crippen LogP contribution is 2.14. The van der Waals surface area contributed by atoms with Gasteiger partial charge in [0.2, 0.25) is 0 Å². The molecule has 0 bridgehead atoms. The van der Waals surface area contributed by atoms with Crippen molar-refractivity contribution in [3.8, 4) is 0 Å². The Morgan fingerprint density at radius 1 is 0.263 bits per heavy atom. The van der Waals surface area contributed by atoms with E-state index in [2.05, 4.69) is 179 Å². The van der Waals surface area contributed by atoms with E-state index in [1.54, 1.807) is 0 Å². The van der Waals surface area contributed by atoms with Crippen molar-refractivity contribution < 1.29 is 28.6 Å². The SMILES string of the molecule is CC/C=C\C/C=C\C/C=C\C/C=C\C/C=C\C/C=C\CCCCCCC(=O)OCC(COC(=O)CCCCCCC/C=C\C/C=C\CCCCCC)OC(=O)CCCCCCCCC/C=C\C/C=C\C/C=C\C/C=C\C/C=C\CC. The van der Waals surface area contributed by atoms with Gasteiger partial charge in [-0.15, -0.1) is 0 Å². The first-order valence-electron chi connectivity index (χ1n) is 32.5. The van der Waals surface area contributed by atoms with Crippen LogP contribution >= 0.6 is 0 Å². The van der Waals surface area contributed by atoms with Crippen LogP contribution in [0.1, 0.15) is 271 Å². The van der Waals surface area contributed by atoms with Gasteiger partial charge in [0.1, 0.15) is 13.2 Å². The molecule has 0 aromatic heterocycles. The molecule has 80 heavy (non-hydrogen) atoms. The molecule has 0 aliphatic heterocycles. The predicted molar refractivity (Wildman–Crippen MR) is 348 cm³/mol. The normalized spacial score (nSPS) is 13.2. The third-order valence-electron chi connectivity index (χ3n) is 13.2. The predicted octanol–water partition coefficient (Wildman–Crippen LogP) is 22.5. The molecule has 1 atom stereocenters. The quantitative estimate of drug-likeness (QED) is 0.0261. The highest BCUT2D eigenvalue weighted by Gasteiger charge is 2.19. The van der Waals surface area contributed by atoms with E-state index >= 15 is 0 Å². The molecule has 0 aliphatic carbocycles. The van der Waals surface area contributed by atoms with E-state index in [1.807, 2.05) is 0 Å². The molecule has 0 heterocycles. The molecule has 0 radical (unpaired) electrons. The number of rotatable bonds is 57. The van der Waals surface area contributed by atoms with E-state index in [-0.39, 0.29) is 31.1 Å². The van der Waals surface area contributed by atoms with Crippen molar-refractivity contribution in [3.05, 3.63) is 158 Å². The molecule has 0 N–H and O–H groups in total. The van der Waals surface area contributed by atoms with Crippen LogP contribution in [0, 0.1) is 0 Å². The van der Waals surface area contributed by atoms with Crippen LogP contribution in [0.15, 0.2) is 158 Å². The Hall–Kier alpha value is -4.97. The summed E-state index contributed by atoms with van der Waals surface area (Å²) in [6, 6.07) is 0. The van der Waals surface area contributed by atoms with Gasteiger partial charge in [-0.2, -0.15) is 0 Å². The summed E-state index contributed by atoms with van der Waals surface area (Å²) in [7, 11) is 0. The largest absolute Gasteiger partial charge is 0.462 e. The van der Waals surface area contributed by atoms with Crippen LogP contribution in [0.4, 0.5) is 0 Å². The number of hydrogen-bond donors (Lipinski definition) is 0. The summed E-state index contributed by atoms with van der Waals surface area (Å²) in [5.74, 6) is -0.955. The number of hydrogen-bond acceptors (Lipinski definition) is 6. The molecule has 0 fully saturated rings. The average Bonchev–Trinajstić information content (AvgIpc) is 3.46. The number of esters is 3. The molecule has 6 nitrogen and oxygen atoms in total. The smallest absolute Gasteiger partial charge is 0.306 e. The van der Waals surface area contributed by atoms with Gasteiger partial charge in [-0.1, -0.05) is 262 Å². The van der Waals surface area contributed by atoms with E-state index in [0.29, 0.717) is 19.3 Å². The summed E-state index contributed by atoms with van der Waals surface area (Å²) in [5.41, 5.74) is 0. The average molecular weight is 1100 g/mol. The summed E-state index contributed by atoms with van der Waals surface area (Å²) in [4.78, 5) is 38.4. The van der Waals surface area contributed by atoms with Gasteiger partial charge in [0.15, 0.2) is 6.10 Å². The maximum absolute atomic E-state index is 12.9. The molecule has 0 aromatic rings. The Balaban J connectivity index is 4.51. The lowest BCUT2D eigenvalue weighted by Crippen LogP contribution is -2.30. The van der Waals surface area contributed by atoms with E-state index in [0.717, 1.165) is 180 Å². The van der Waals surface area contributed by atoms with Gasteiger partial charge < -0.3 is 14.2 Å². The first kappa shape index (κ1) is 75.0. The van der Waals surface area contributed by atoms with Crippen LogP contribution in [0.5, 0.6) is 0 Å². The maximum atomic E-state index is 12.9. The zero-order valence-corrected chi connectivity index (χ0v) is 51.5. The van der Waals surface area contributed by atoms with Gasteiger partial charge in [0.05, 0.1) is 0 Å². The zero-order valence-electron chi connectivity index (χ0n) is 51.5. The molecular formula is C74H118O6. The van der Waals surface area contributed by atoms with Crippen molar-refractivity contribution >= 4 is 17.9 Å². The summed E-state index contributed by atoms with van der Waals surface area (Å²) < 4.78 is 16.9. The second kappa shape index (κ2) is 66.5. The second-order valence-corrected chi connectivity index (χ2v) is 20.9. The Morgan fingerprint density at radius 2 is 0.487 bits per heavy atom. The molecule has 0 rings (SSSR count). The standard InChI is InChI=1S/C74H118O6/c1-4-7-10-13-16-19-22-25-28-31-33-35-37-39-41-43-46-49-52-55-58-61-64-67-73(76)79-70-71(69-78-72(75)66-63-60-57-54-51-48-45-30-27-24-21-18-15-12-9-6-3)80-74(77)68-65-62-59-56-53-50-47-44-42-40-38-36-34-32-29-26-23-20-17-14-11-8-5-2/h7-8,10-11,16-17,19-21,24-26,28-30,33-36,39-42,45-46,49,71H,4-6,9,12-15,18,22-23,27,31-32,37-38,43-44,47-48,50-70H2,1-3H3/b10-7-,11-8-,19-16-,20-17-,24-21-,28-25-,29-26-,35-33-,36-34-,41-39-,42-40-,45-30-,49-46-. The minimum Gasteiger partial charge on any atom is -0.462 e. The van der Waals surface area contributed by atoms with Gasteiger partial charge in [-0.3, -0.25) is 14.4 Å². The van der Waals surface area contributed by atoms with E-state index in [1.165, 1.54) is 51.4 Å². The number of unbranched alkanes of at least 4 members (excludes halogenated alkanes) is 20. The summed E-state index contributed by atoms with van der Waals surface area (Å²) in [5, 5.41) is 0. The van der Waals surface area contributed by atoms with Crippen LogP contribution in [-0.2, 0) is 28.6 Å². The Kier molecular flexibility index (Phi) is 62.4. The fraction of sp³-hybridized carbons (Fsp3) is 0.608. The Morgan fingerprint density at radius 3 is 0.762 bits per heavy atom. The topological polar surface area (TPSA) is 78.9 Å². The highest BCUT2D eigenvalue weighted by atomic mass is 16.6. The molecule has 6 heteroatoms. The van der Waals surface area contributed by atoms with Crippen molar-refractivity contribution in [2.75, 3.05) is 13.2 Å². The maximum Gasteiger partial charge on any atom is 0.306 e. The van der Waals surface area contributed by atoms with Crippen LogP contribution in [0.25, 0.3) is 0 Å². The molecule has 0 aliphatic rings. The first-order valence-corrected chi connectivity index (χ1v) is 32.5. The lowest BCUT2D eigenvalue weighted by molar-refractivity contribution is -0.167. The van der Waals surface area contributed by atoms with Crippen LogP contribution in [-0.4, -0.2) is 37.2 Å². The lowest BCUT2D eigenvalue weighted by atomic mass is 10.1. The molecule has 1 unspecified atom stereocenters. The zero-order chi connectivity index (χ0) is 57.8. The fourth-order valence-corrected chi connectivity index (χ4v) is 8.44. The van der Waals surface area contributed by atoms with Crippen molar-refractivity contribution in [2.24, 2.45) is 0 Å². The number of carbonyl (C=O) groups excluding carboxylic acids is 3. The molecule has 0 saturated carbocycles. The molecule has 0 saturated heterocycles. The van der Waals surface area contributed by atoms with Gasteiger partial charge in [-0.25, -0.2) is 0 Å². The van der Waals surface area contributed by atoms with Crippen molar-refractivity contribution in [1.82, 2.24) is 0 Å². The summed E-state index contributed by atoms with van der Waals surface area (Å²) in [6.45, 7) is 6.35. The van der Waals surface area contributed by atoms with E-state index in [4.69, 9.17) is 14.2 Å². The van der Waals surface area contributed by atoms with Crippen molar-refractivity contribution in [3.63, 3.8) is 0 Å². The summed E-state index contributed by atoms with van der Waals surface area (Å²) >= 11 is 0. The van der Waals surface area contributed by atoms with Gasteiger partial charge >= 0.3 is 17.9 Å². The van der Waals surface area contributed by atoms with Gasteiger partial charge in [0, 0.05) is 19.3 Å². The second-order valence-electron chi connectivity index (χ2n) is 20.9. The Labute approximate surface area is 492 Å². The Bertz CT molecular complexity index is 1790. The van der Waals surface area contributed by atoms with Gasteiger partial charge in [-0.05, 0) is 148 Å². The molecular weight excluding hydrogens is 985 g/mol. The monoisotopic (exact) mass is 1100 g/mol. The minimum atomic E-state index is -0.811. The lowest BCUT2D eigenvalue weighted by Gasteiger charge is -2.18. The minimum absolute atomic E-state index is 0.105. The highest BCUT2D eigenvalue weighted by molar-refractivity contribution is 5.71. The fourth-order valence-electron chi connectivity index (χ4n) is 8.44. The van der Waals surface area contributed by atoms with Crippen LogP contribution in [0.3, 0.4) is 0 Å². The van der Waals surface area contributed by atoms with Crippen molar-refractivity contribution in [2.45, 2.75) is 277 Å². The molecule has 0 aromatic carbocycles. The number of carbonyl (C=O) groups is 3. The number of ether oxygens (including phenoxy) is 3. The molecule has 0 amide bonds. The van der Waals surface area contributed by atoms with Gasteiger partial charge in [0.25, 0.3) is 0 Å². The third-order valence-corrected chi connectivity index (χ3v) is 13.2. The van der Waals surface area contributed by atoms with Crippen molar-refractivity contribution in [1.29, 1.82) is 0 Å². The first-order chi connectivity index (χ1) is 39.5. The molecule has 450 valence electrons. The third kappa shape index (κ3) is 63.9. The van der Waals surface area contributed by atoms with E-state index in [9.17, 15) is 14.4 Å². The van der Waals surface area contributed by atoms with Crippen LogP contribution in [0.2, 0.25) is 0 Å².